The number of piperidine rings is 1. The van der Waals surface area contributed by atoms with E-state index in [0.29, 0.717) is 13.1 Å². The van der Waals surface area contributed by atoms with Crippen molar-refractivity contribution in [1.29, 1.82) is 0 Å². The van der Waals surface area contributed by atoms with Crippen LogP contribution >= 0.6 is 11.6 Å². The van der Waals surface area contributed by atoms with E-state index >= 15 is 0 Å². The minimum atomic E-state index is -3.76. The fourth-order valence-electron chi connectivity index (χ4n) is 3.03. The maximum atomic E-state index is 13.5. The van der Waals surface area contributed by atoms with Crippen molar-refractivity contribution in [1.82, 2.24) is 15.2 Å². The summed E-state index contributed by atoms with van der Waals surface area (Å²) in [5.41, 5.74) is 4.14. The Labute approximate surface area is 184 Å². The average molecular weight is 470 g/mol. The average Bonchev–Trinajstić information content (AvgIpc) is 2.77. The number of hydrogen-bond acceptors (Lipinski definition) is 5. The van der Waals surface area contributed by atoms with E-state index in [1.54, 1.807) is 6.07 Å². The molecule has 166 valence electrons. The molecule has 0 aliphatic carbocycles. The molecule has 2 N–H and O–H groups in total. The summed E-state index contributed by atoms with van der Waals surface area (Å²) in [4.78, 5) is 24.2. The molecule has 0 unspecified atom stereocenters. The van der Waals surface area contributed by atoms with Crippen LogP contribution in [-0.2, 0) is 14.8 Å². The van der Waals surface area contributed by atoms with E-state index in [1.165, 1.54) is 40.7 Å². The zero-order chi connectivity index (χ0) is 22.4. The largest absolute Gasteiger partial charge is 0.481 e. The number of nitrogens with zero attached hydrogens (tertiary/aromatic N) is 1. The van der Waals surface area contributed by atoms with Crippen molar-refractivity contribution in [3.63, 3.8) is 0 Å². The summed E-state index contributed by atoms with van der Waals surface area (Å²) in [6.07, 6.45) is 2.53. The van der Waals surface area contributed by atoms with Crippen LogP contribution in [-0.4, -0.2) is 44.2 Å². The molecule has 2 amide bonds. The van der Waals surface area contributed by atoms with E-state index in [2.05, 4.69) is 10.9 Å². The van der Waals surface area contributed by atoms with Crippen molar-refractivity contribution in [2.45, 2.75) is 24.2 Å². The highest BCUT2D eigenvalue weighted by molar-refractivity contribution is 7.89. The Kier molecular flexibility index (Phi) is 7.47. The number of benzene rings is 2. The van der Waals surface area contributed by atoms with Crippen molar-refractivity contribution in [2.75, 3.05) is 19.7 Å². The molecule has 3 rings (SSSR count). The van der Waals surface area contributed by atoms with Gasteiger partial charge < -0.3 is 4.74 Å². The first-order valence-electron chi connectivity index (χ1n) is 9.55. The monoisotopic (exact) mass is 469 g/mol. The number of sulfonamides is 1. The Morgan fingerprint density at radius 1 is 1.06 bits per heavy atom. The van der Waals surface area contributed by atoms with Gasteiger partial charge in [-0.05, 0) is 43.2 Å². The number of hydrazine groups is 1. The van der Waals surface area contributed by atoms with Gasteiger partial charge in [-0.1, -0.05) is 30.2 Å². The van der Waals surface area contributed by atoms with Crippen molar-refractivity contribution in [2.24, 2.45) is 0 Å². The molecule has 0 spiro atoms. The summed E-state index contributed by atoms with van der Waals surface area (Å²) in [7, 11) is -3.76. The zero-order valence-corrected chi connectivity index (χ0v) is 18.0. The molecule has 2 aromatic carbocycles. The van der Waals surface area contributed by atoms with Crippen LogP contribution in [0, 0.1) is 5.82 Å². The first-order chi connectivity index (χ1) is 14.8. The highest BCUT2D eigenvalue weighted by Crippen LogP contribution is 2.25. The van der Waals surface area contributed by atoms with Crippen LogP contribution in [0.3, 0.4) is 0 Å². The number of para-hydroxylation sites is 1. The lowest BCUT2D eigenvalue weighted by atomic mass is 10.2. The topological polar surface area (TPSA) is 105 Å². The Bertz CT molecular complexity index is 1070. The maximum Gasteiger partial charge on any atom is 0.276 e. The van der Waals surface area contributed by atoms with Gasteiger partial charge in [0.05, 0.1) is 15.5 Å². The van der Waals surface area contributed by atoms with Crippen molar-refractivity contribution < 1.29 is 27.1 Å². The summed E-state index contributed by atoms with van der Waals surface area (Å²) in [5, 5.41) is 0.0203. The molecular weight excluding hydrogens is 449 g/mol. The molecule has 1 saturated heterocycles. The number of rotatable bonds is 6. The van der Waals surface area contributed by atoms with Crippen molar-refractivity contribution >= 4 is 33.4 Å². The second-order valence-corrected chi connectivity index (χ2v) is 9.17. The van der Waals surface area contributed by atoms with Gasteiger partial charge in [0.15, 0.2) is 18.2 Å². The lowest BCUT2D eigenvalue weighted by Crippen LogP contribution is -2.44. The summed E-state index contributed by atoms with van der Waals surface area (Å²) in [6, 6.07) is 9.39. The van der Waals surface area contributed by atoms with Crippen LogP contribution in [0.4, 0.5) is 4.39 Å². The van der Waals surface area contributed by atoms with Gasteiger partial charge in [-0.25, -0.2) is 12.8 Å². The van der Waals surface area contributed by atoms with Gasteiger partial charge >= 0.3 is 0 Å². The summed E-state index contributed by atoms with van der Waals surface area (Å²) in [6.45, 7) is 0.299. The second-order valence-electron chi connectivity index (χ2n) is 6.83. The molecular formula is C20H21ClFN3O5S. The van der Waals surface area contributed by atoms with Gasteiger partial charge in [0.1, 0.15) is 0 Å². The predicted octanol–water partition coefficient (Wildman–Crippen LogP) is 2.49. The molecule has 0 bridgehead atoms. The summed E-state index contributed by atoms with van der Waals surface area (Å²) in [5.74, 6) is -2.29. The SMILES string of the molecule is O=C(COc1ccccc1F)NNC(=O)c1cc(S(=O)(=O)N2CCCCC2)ccc1Cl. The molecule has 1 fully saturated rings. The van der Waals surface area contributed by atoms with Crippen LogP contribution < -0.4 is 15.6 Å². The first kappa shape index (κ1) is 23.0. The Morgan fingerprint density at radius 2 is 1.77 bits per heavy atom. The minimum Gasteiger partial charge on any atom is -0.481 e. The van der Waals surface area contributed by atoms with Crippen LogP contribution in [0.1, 0.15) is 29.6 Å². The van der Waals surface area contributed by atoms with Gasteiger partial charge in [0.25, 0.3) is 11.8 Å². The van der Waals surface area contributed by atoms with Gasteiger partial charge in [-0.2, -0.15) is 4.31 Å². The van der Waals surface area contributed by atoms with E-state index in [0.717, 1.165) is 19.3 Å². The number of amides is 2. The third-order valence-corrected chi connectivity index (χ3v) is 6.87. The standard InChI is InChI=1S/C20H21ClFN3O5S/c21-16-9-8-14(31(28,29)25-10-4-1-5-11-25)12-15(16)20(27)24-23-19(26)13-30-18-7-3-2-6-17(18)22/h2-3,6-9,12H,1,4-5,10-11,13H2,(H,23,26)(H,24,27). The van der Waals surface area contributed by atoms with Gasteiger partial charge in [0.2, 0.25) is 10.0 Å². The van der Waals surface area contributed by atoms with Crippen LogP contribution in [0.25, 0.3) is 0 Å². The number of hydrogen-bond donors (Lipinski definition) is 2. The van der Waals surface area contributed by atoms with E-state index < -0.39 is 34.3 Å². The molecule has 11 heteroatoms. The first-order valence-corrected chi connectivity index (χ1v) is 11.4. The van der Waals surface area contributed by atoms with E-state index in [1.807, 2.05) is 0 Å². The van der Waals surface area contributed by atoms with E-state index in [4.69, 9.17) is 16.3 Å². The van der Waals surface area contributed by atoms with Gasteiger partial charge in [0, 0.05) is 13.1 Å². The molecule has 0 aromatic heterocycles. The lowest BCUT2D eigenvalue weighted by molar-refractivity contribution is -0.123. The lowest BCUT2D eigenvalue weighted by Gasteiger charge is -2.26. The number of halogens is 2. The van der Waals surface area contributed by atoms with E-state index in [9.17, 15) is 22.4 Å². The predicted molar refractivity (Wildman–Crippen MR) is 112 cm³/mol. The minimum absolute atomic E-state index is 0.0203. The number of nitrogens with one attached hydrogen (secondary N) is 2. The highest BCUT2D eigenvalue weighted by atomic mass is 35.5. The van der Waals surface area contributed by atoms with Crippen LogP contribution in [0.2, 0.25) is 5.02 Å². The second kappa shape index (κ2) is 10.1. The summed E-state index contributed by atoms with van der Waals surface area (Å²) >= 11 is 6.05. The van der Waals surface area contributed by atoms with E-state index in [-0.39, 0.29) is 21.2 Å². The molecule has 0 atom stereocenters. The number of carbonyl (C=O) groups excluding carboxylic acids is 2. The molecule has 1 aliphatic rings. The third kappa shape index (κ3) is 5.72. The molecule has 1 aliphatic heterocycles. The Hall–Kier alpha value is -2.69. The smallest absolute Gasteiger partial charge is 0.276 e. The van der Waals surface area contributed by atoms with Crippen molar-refractivity contribution in [3.8, 4) is 5.75 Å². The van der Waals surface area contributed by atoms with Gasteiger partial charge in [-0.3, -0.25) is 20.4 Å². The zero-order valence-electron chi connectivity index (χ0n) is 16.4. The van der Waals surface area contributed by atoms with Gasteiger partial charge in [-0.15, -0.1) is 0 Å². The maximum absolute atomic E-state index is 13.5. The third-order valence-electron chi connectivity index (χ3n) is 4.65. The molecule has 0 saturated carbocycles. The molecule has 2 aromatic rings. The Balaban J connectivity index is 1.62. The summed E-state index contributed by atoms with van der Waals surface area (Å²) < 4.78 is 45.6. The van der Waals surface area contributed by atoms with Crippen LogP contribution in [0.15, 0.2) is 47.4 Å². The number of carbonyl (C=O) groups is 2. The number of ether oxygens (including phenoxy) is 1. The molecule has 0 radical (unpaired) electrons. The molecule has 8 nitrogen and oxygen atoms in total. The van der Waals surface area contributed by atoms with Crippen LogP contribution in [0.5, 0.6) is 5.75 Å². The quantitative estimate of drug-likeness (QED) is 0.632. The Morgan fingerprint density at radius 3 is 2.48 bits per heavy atom. The fourth-order valence-corrected chi connectivity index (χ4v) is 4.78. The normalized spacial score (nSPS) is 14.6. The fraction of sp³-hybridized carbons (Fsp3) is 0.300. The molecule has 31 heavy (non-hydrogen) atoms. The van der Waals surface area contributed by atoms with Crippen molar-refractivity contribution in [3.05, 3.63) is 58.9 Å². The highest BCUT2D eigenvalue weighted by Gasteiger charge is 2.27. The molecule has 1 heterocycles.